The summed E-state index contributed by atoms with van der Waals surface area (Å²) in [5.74, 6) is -0.0578. The molecule has 0 saturated carbocycles. The van der Waals surface area contributed by atoms with Crippen LogP contribution in [0.1, 0.15) is 54.4 Å². The summed E-state index contributed by atoms with van der Waals surface area (Å²) >= 11 is 0. The van der Waals surface area contributed by atoms with Gasteiger partial charge in [-0.05, 0) is 31.6 Å². The SMILES string of the molecule is CCOC(=O)CC(C(=O)OCC)C(CC)C(C)C(C)C. The van der Waals surface area contributed by atoms with Crippen LogP contribution in [0.2, 0.25) is 0 Å². The van der Waals surface area contributed by atoms with Crippen molar-refractivity contribution in [2.45, 2.75) is 54.4 Å². The quantitative estimate of drug-likeness (QED) is 0.609. The van der Waals surface area contributed by atoms with Gasteiger partial charge in [-0.1, -0.05) is 34.1 Å². The summed E-state index contributed by atoms with van der Waals surface area (Å²) in [5.41, 5.74) is 0. The van der Waals surface area contributed by atoms with E-state index in [0.717, 1.165) is 6.42 Å². The zero-order chi connectivity index (χ0) is 15.7. The van der Waals surface area contributed by atoms with Crippen molar-refractivity contribution in [3.05, 3.63) is 0 Å². The van der Waals surface area contributed by atoms with Crippen molar-refractivity contribution in [3.63, 3.8) is 0 Å². The summed E-state index contributed by atoms with van der Waals surface area (Å²) in [4.78, 5) is 23.9. The minimum absolute atomic E-state index is 0.113. The van der Waals surface area contributed by atoms with Crippen LogP contribution in [0.15, 0.2) is 0 Å². The summed E-state index contributed by atoms with van der Waals surface area (Å²) in [6.45, 7) is 12.7. The molecule has 0 fully saturated rings. The van der Waals surface area contributed by atoms with E-state index >= 15 is 0 Å². The fraction of sp³-hybridized carbons (Fsp3) is 0.875. The van der Waals surface area contributed by atoms with Crippen LogP contribution < -0.4 is 0 Å². The van der Waals surface area contributed by atoms with E-state index in [9.17, 15) is 9.59 Å². The van der Waals surface area contributed by atoms with Crippen LogP contribution in [0.4, 0.5) is 0 Å². The Morgan fingerprint density at radius 1 is 0.950 bits per heavy atom. The molecule has 3 unspecified atom stereocenters. The molecule has 4 nitrogen and oxygen atoms in total. The van der Waals surface area contributed by atoms with Crippen LogP contribution in [0.3, 0.4) is 0 Å². The molecule has 0 amide bonds. The lowest BCUT2D eigenvalue weighted by Crippen LogP contribution is -2.34. The topological polar surface area (TPSA) is 52.6 Å². The third-order valence-corrected chi connectivity index (χ3v) is 4.00. The lowest BCUT2D eigenvalue weighted by molar-refractivity contribution is -0.158. The van der Waals surface area contributed by atoms with Gasteiger partial charge in [-0.2, -0.15) is 0 Å². The van der Waals surface area contributed by atoms with Gasteiger partial charge in [-0.3, -0.25) is 9.59 Å². The first kappa shape index (κ1) is 18.9. The van der Waals surface area contributed by atoms with E-state index in [1.54, 1.807) is 13.8 Å². The van der Waals surface area contributed by atoms with Gasteiger partial charge in [-0.25, -0.2) is 0 Å². The first-order valence-electron chi connectivity index (χ1n) is 7.71. The van der Waals surface area contributed by atoms with Crippen molar-refractivity contribution in [1.29, 1.82) is 0 Å². The zero-order valence-electron chi connectivity index (χ0n) is 13.8. The van der Waals surface area contributed by atoms with Gasteiger partial charge in [0.2, 0.25) is 0 Å². The van der Waals surface area contributed by atoms with Crippen LogP contribution in [-0.4, -0.2) is 25.2 Å². The highest BCUT2D eigenvalue weighted by atomic mass is 16.5. The van der Waals surface area contributed by atoms with Gasteiger partial charge in [0, 0.05) is 0 Å². The van der Waals surface area contributed by atoms with E-state index in [1.807, 2.05) is 0 Å². The minimum Gasteiger partial charge on any atom is -0.466 e. The Kier molecular flexibility index (Phi) is 9.26. The number of carbonyl (C=O) groups excluding carboxylic acids is 2. The first-order chi connectivity index (χ1) is 9.38. The maximum absolute atomic E-state index is 12.2. The lowest BCUT2D eigenvalue weighted by atomic mass is 9.74. The van der Waals surface area contributed by atoms with Gasteiger partial charge >= 0.3 is 11.9 Å². The highest BCUT2D eigenvalue weighted by molar-refractivity contribution is 5.80. The van der Waals surface area contributed by atoms with Crippen molar-refractivity contribution in [1.82, 2.24) is 0 Å². The maximum Gasteiger partial charge on any atom is 0.309 e. The molecule has 3 atom stereocenters. The Morgan fingerprint density at radius 3 is 1.90 bits per heavy atom. The van der Waals surface area contributed by atoms with E-state index in [2.05, 4.69) is 27.7 Å². The molecule has 118 valence electrons. The average molecular weight is 286 g/mol. The van der Waals surface area contributed by atoms with Gasteiger partial charge in [0.05, 0.1) is 25.6 Å². The second kappa shape index (κ2) is 9.78. The van der Waals surface area contributed by atoms with Crippen molar-refractivity contribution in [2.24, 2.45) is 23.7 Å². The Labute approximate surface area is 123 Å². The predicted octanol–water partition coefficient (Wildman–Crippen LogP) is 3.44. The van der Waals surface area contributed by atoms with Crippen LogP contribution in [0.5, 0.6) is 0 Å². The predicted molar refractivity (Wildman–Crippen MR) is 79.2 cm³/mol. The van der Waals surface area contributed by atoms with Gasteiger partial charge in [0.15, 0.2) is 0 Å². The van der Waals surface area contributed by atoms with Gasteiger partial charge < -0.3 is 9.47 Å². The second-order valence-electron chi connectivity index (χ2n) is 5.54. The Balaban J connectivity index is 5.05. The molecule has 0 aromatic rings. The Bertz CT molecular complexity index is 299. The first-order valence-corrected chi connectivity index (χ1v) is 7.71. The fourth-order valence-electron chi connectivity index (χ4n) is 2.58. The van der Waals surface area contributed by atoms with Crippen LogP contribution in [0.25, 0.3) is 0 Å². The molecule has 0 saturated heterocycles. The van der Waals surface area contributed by atoms with Crippen LogP contribution in [0, 0.1) is 23.7 Å². The number of rotatable bonds is 9. The number of ether oxygens (including phenoxy) is 2. The Hall–Kier alpha value is -1.06. The molecule has 0 aromatic carbocycles. The normalized spacial score (nSPS) is 15.6. The fourth-order valence-corrected chi connectivity index (χ4v) is 2.58. The summed E-state index contributed by atoms with van der Waals surface area (Å²) in [6.07, 6.45) is 0.963. The summed E-state index contributed by atoms with van der Waals surface area (Å²) in [7, 11) is 0. The number of esters is 2. The number of hydrogen-bond donors (Lipinski definition) is 0. The van der Waals surface area contributed by atoms with Gasteiger partial charge in [0.1, 0.15) is 0 Å². The molecule has 0 bridgehead atoms. The summed E-state index contributed by atoms with van der Waals surface area (Å²) in [5, 5.41) is 0. The molecule has 0 spiro atoms. The van der Waals surface area contributed by atoms with Crippen LogP contribution in [-0.2, 0) is 19.1 Å². The van der Waals surface area contributed by atoms with Crippen molar-refractivity contribution in [3.8, 4) is 0 Å². The Morgan fingerprint density at radius 2 is 1.50 bits per heavy atom. The number of hydrogen-bond acceptors (Lipinski definition) is 4. The van der Waals surface area contributed by atoms with Crippen molar-refractivity contribution < 1.29 is 19.1 Å². The molecular formula is C16H30O4. The molecule has 0 aliphatic carbocycles. The van der Waals surface area contributed by atoms with Crippen molar-refractivity contribution >= 4 is 11.9 Å². The zero-order valence-corrected chi connectivity index (χ0v) is 13.8. The largest absolute Gasteiger partial charge is 0.466 e. The second-order valence-corrected chi connectivity index (χ2v) is 5.54. The molecule has 0 radical (unpaired) electrons. The standard InChI is InChI=1S/C16H30O4/c1-7-13(12(6)11(4)5)14(16(18)20-9-3)10-15(17)19-8-2/h11-14H,7-10H2,1-6H3. The third-order valence-electron chi connectivity index (χ3n) is 4.00. The molecular weight excluding hydrogens is 256 g/mol. The van der Waals surface area contributed by atoms with Crippen molar-refractivity contribution in [2.75, 3.05) is 13.2 Å². The minimum atomic E-state index is -0.406. The maximum atomic E-state index is 12.2. The van der Waals surface area contributed by atoms with Crippen LogP contribution >= 0.6 is 0 Å². The van der Waals surface area contributed by atoms with Gasteiger partial charge in [-0.15, -0.1) is 0 Å². The molecule has 0 aromatic heterocycles. The number of carbonyl (C=O) groups is 2. The summed E-state index contributed by atoms with van der Waals surface area (Å²) < 4.78 is 10.1. The van der Waals surface area contributed by atoms with Gasteiger partial charge in [0.25, 0.3) is 0 Å². The molecule has 20 heavy (non-hydrogen) atoms. The van der Waals surface area contributed by atoms with E-state index in [1.165, 1.54) is 0 Å². The highest BCUT2D eigenvalue weighted by Gasteiger charge is 2.35. The molecule has 0 aliphatic rings. The summed E-state index contributed by atoms with van der Waals surface area (Å²) in [6, 6.07) is 0. The van der Waals surface area contributed by atoms with E-state index in [4.69, 9.17) is 9.47 Å². The third kappa shape index (κ3) is 5.93. The highest BCUT2D eigenvalue weighted by Crippen LogP contribution is 2.33. The lowest BCUT2D eigenvalue weighted by Gasteiger charge is -2.31. The molecule has 0 heterocycles. The van der Waals surface area contributed by atoms with E-state index in [0.29, 0.717) is 25.0 Å². The monoisotopic (exact) mass is 286 g/mol. The molecule has 0 aliphatic heterocycles. The van der Waals surface area contributed by atoms with E-state index < -0.39 is 5.92 Å². The molecule has 4 heteroatoms. The molecule has 0 rings (SSSR count). The molecule has 0 N–H and O–H groups in total. The van der Waals surface area contributed by atoms with E-state index in [-0.39, 0.29) is 24.3 Å². The average Bonchev–Trinajstić information content (AvgIpc) is 2.38. The smallest absolute Gasteiger partial charge is 0.309 e.